The third-order valence-corrected chi connectivity index (χ3v) is 4.25. The number of nitrogens with one attached hydrogen (secondary N) is 3. The number of rotatable bonds is 11. The summed E-state index contributed by atoms with van der Waals surface area (Å²) in [4.78, 5) is 48.0. The lowest BCUT2D eigenvalue weighted by Crippen LogP contribution is -2.59. The first-order valence-corrected chi connectivity index (χ1v) is 9.29. The van der Waals surface area contributed by atoms with Crippen LogP contribution in [0.1, 0.15) is 19.4 Å². The van der Waals surface area contributed by atoms with Crippen molar-refractivity contribution in [3.8, 4) is 0 Å². The minimum atomic E-state index is -1.43. The number of carbonyl (C=O) groups is 4. The molecule has 0 aliphatic carbocycles. The molecule has 5 atom stereocenters. The highest BCUT2D eigenvalue weighted by atomic mass is 16.4. The second kappa shape index (κ2) is 11.9. The van der Waals surface area contributed by atoms with Crippen molar-refractivity contribution in [3.05, 3.63) is 35.9 Å². The molecular weight excluding hydrogens is 396 g/mol. The Bertz CT molecular complexity index is 742. The SMILES string of the molecule is CC(NC(=O)C(NC(=O)C(N)CO)C(C)O)C(=O)NC(Cc1ccccc1)C(=O)O. The third-order valence-electron chi connectivity index (χ3n) is 4.25. The molecule has 0 heterocycles. The van der Waals surface area contributed by atoms with Crippen molar-refractivity contribution in [1.82, 2.24) is 16.0 Å². The van der Waals surface area contributed by atoms with Gasteiger partial charge in [0.2, 0.25) is 17.7 Å². The normalized spacial score (nSPS) is 15.8. The average molecular weight is 424 g/mol. The Hall–Kier alpha value is -3.02. The van der Waals surface area contributed by atoms with Crippen molar-refractivity contribution in [2.45, 2.75) is 50.5 Å². The zero-order valence-corrected chi connectivity index (χ0v) is 16.7. The summed E-state index contributed by atoms with van der Waals surface area (Å²) in [7, 11) is 0. The molecule has 1 rings (SSSR count). The molecule has 11 heteroatoms. The van der Waals surface area contributed by atoms with Crippen LogP contribution >= 0.6 is 0 Å². The molecule has 0 fully saturated rings. The minimum Gasteiger partial charge on any atom is -0.480 e. The summed E-state index contributed by atoms with van der Waals surface area (Å²) in [6, 6.07) is 3.63. The van der Waals surface area contributed by atoms with E-state index >= 15 is 0 Å². The van der Waals surface area contributed by atoms with E-state index < -0.39 is 60.6 Å². The van der Waals surface area contributed by atoms with Crippen molar-refractivity contribution in [1.29, 1.82) is 0 Å². The lowest BCUT2D eigenvalue weighted by Gasteiger charge is -2.24. The third kappa shape index (κ3) is 7.78. The summed E-state index contributed by atoms with van der Waals surface area (Å²) in [6.07, 6.45) is -1.27. The molecule has 1 aromatic rings. The van der Waals surface area contributed by atoms with E-state index in [0.717, 1.165) is 0 Å². The number of amides is 3. The standard InChI is InChI=1S/C19H28N4O7/c1-10(21-18(28)15(11(2)25)23-17(27)13(20)9-24)16(26)22-14(19(29)30)8-12-6-4-3-5-7-12/h3-7,10-11,13-15,24-25H,8-9,20H2,1-2H3,(H,21,28)(H,22,26)(H,23,27)(H,29,30). The zero-order valence-electron chi connectivity index (χ0n) is 16.7. The molecule has 0 aliphatic rings. The van der Waals surface area contributed by atoms with E-state index in [1.165, 1.54) is 13.8 Å². The number of carboxylic acid groups (broad SMARTS) is 1. The van der Waals surface area contributed by atoms with E-state index in [1.54, 1.807) is 30.3 Å². The number of carbonyl (C=O) groups excluding carboxylic acids is 3. The van der Waals surface area contributed by atoms with Gasteiger partial charge in [-0.25, -0.2) is 4.79 Å². The van der Waals surface area contributed by atoms with Gasteiger partial charge in [-0.1, -0.05) is 30.3 Å². The Morgan fingerprint density at radius 2 is 1.57 bits per heavy atom. The topological polar surface area (TPSA) is 191 Å². The van der Waals surface area contributed by atoms with E-state index in [-0.39, 0.29) is 6.42 Å². The molecule has 166 valence electrons. The molecule has 11 nitrogen and oxygen atoms in total. The number of carboxylic acids is 1. The minimum absolute atomic E-state index is 0.0496. The van der Waals surface area contributed by atoms with Crippen LogP contribution in [0.5, 0.6) is 0 Å². The van der Waals surface area contributed by atoms with Gasteiger partial charge in [-0.2, -0.15) is 0 Å². The molecule has 0 radical (unpaired) electrons. The predicted molar refractivity (Wildman–Crippen MR) is 106 cm³/mol. The lowest BCUT2D eigenvalue weighted by atomic mass is 10.1. The maximum absolute atomic E-state index is 12.4. The summed E-state index contributed by atoms with van der Waals surface area (Å²) < 4.78 is 0. The van der Waals surface area contributed by atoms with E-state index in [4.69, 9.17) is 10.8 Å². The first-order valence-electron chi connectivity index (χ1n) is 9.29. The van der Waals surface area contributed by atoms with Crippen molar-refractivity contribution in [2.75, 3.05) is 6.61 Å². The monoisotopic (exact) mass is 424 g/mol. The molecule has 5 unspecified atom stereocenters. The molecule has 0 saturated carbocycles. The van der Waals surface area contributed by atoms with Crippen LogP contribution in [-0.2, 0) is 25.6 Å². The Labute approximate surface area is 173 Å². The zero-order chi connectivity index (χ0) is 22.8. The van der Waals surface area contributed by atoms with Crippen LogP contribution in [0.2, 0.25) is 0 Å². The molecule has 30 heavy (non-hydrogen) atoms. The van der Waals surface area contributed by atoms with Gasteiger partial charge in [-0.3, -0.25) is 14.4 Å². The summed E-state index contributed by atoms with van der Waals surface area (Å²) in [5.74, 6) is -3.72. The molecule has 3 amide bonds. The van der Waals surface area contributed by atoms with Crippen molar-refractivity contribution in [3.63, 3.8) is 0 Å². The lowest BCUT2D eigenvalue weighted by molar-refractivity contribution is -0.142. The quantitative estimate of drug-likeness (QED) is 0.202. The largest absolute Gasteiger partial charge is 0.480 e. The number of aliphatic hydroxyl groups excluding tert-OH is 2. The fourth-order valence-electron chi connectivity index (χ4n) is 2.46. The fourth-order valence-corrected chi connectivity index (χ4v) is 2.46. The highest BCUT2D eigenvalue weighted by Crippen LogP contribution is 2.04. The Kier molecular flexibility index (Phi) is 9.89. The number of hydrogen-bond acceptors (Lipinski definition) is 7. The van der Waals surface area contributed by atoms with Gasteiger partial charge in [-0.15, -0.1) is 0 Å². The van der Waals surface area contributed by atoms with E-state index in [1.807, 2.05) is 0 Å². The van der Waals surface area contributed by atoms with E-state index in [2.05, 4.69) is 16.0 Å². The average Bonchev–Trinajstić information content (AvgIpc) is 2.70. The van der Waals surface area contributed by atoms with Gasteiger partial charge in [0.1, 0.15) is 24.2 Å². The highest BCUT2D eigenvalue weighted by molar-refractivity contribution is 5.94. The Morgan fingerprint density at radius 3 is 2.07 bits per heavy atom. The first-order chi connectivity index (χ1) is 14.1. The number of aliphatic hydroxyl groups is 2. The van der Waals surface area contributed by atoms with Gasteiger partial charge in [0.05, 0.1) is 12.7 Å². The van der Waals surface area contributed by atoms with Crippen LogP contribution in [0.25, 0.3) is 0 Å². The van der Waals surface area contributed by atoms with Gasteiger partial charge in [0.15, 0.2) is 0 Å². The van der Waals surface area contributed by atoms with Crippen LogP contribution in [0, 0.1) is 0 Å². The molecule has 0 aromatic heterocycles. The van der Waals surface area contributed by atoms with Crippen molar-refractivity contribution >= 4 is 23.7 Å². The van der Waals surface area contributed by atoms with Crippen molar-refractivity contribution < 1.29 is 34.5 Å². The molecule has 0 saturated heterocycles. The molecule has 0 aliphatic heterocycles. The van der Waals surface area contributed by atoms with Gasteiger partial charge in [0, 0.05) is 6.42 Å². The fraction of sp³-hybridized carbons (Fsp3) is 0.474. The number of benzene rings is 1. The van der Waals surface area contributed by atoms with Gasteiger partial charge >= 0.3 is 5.97 Å². The molecule has 8 N–H and O–H groups in total. The Balaban J connectivity index is 2.74. The molecule has 0 spiro atoms. The van der Waals surface area contributed by atoms with Crippen LogP contribution in [-0.4, -0.2) is 75.9 Å². The molecule has 1 aromatic carbocycles. The maximum atomic E-state index is 12.4. The van der Waals surface area contributed by atoms with Crippen LogP contribution in [0.15, 0.2) is 30.3 Å². The van der Waals surface area contributed by atoms with E-state index in [0.29, 0.717) is 5.56 Å². The van der Waals surface area contributed by atoms with Gasteiger partial charge < -0.3 is 37.0 Å². The van der Waals surface area contributed by atoms with Gasteiger partial charge in [-0.05, 0) is 19.4 Å². The maximum Gasteiger partial charge on any atom is 0.326 e. The molecule has 0 bridgehead atoms. The summed E-state index contributed by atoms with van der Waals surface area (Å²) in [5.41, 5.74) is 6.07. The highest BCUT2D eigenvalue weighted by Gasteiger charge is 2.30. The van der Waals surface area contributed by atoms with Crippen LogP contribution in [0.4, 0.5) is 0 Å². The van der Waals surface area contributed by atoms with Crippen LogP contribution < -0.4 is 21.7 Å². The number of hydrogen-bond donors (Lipinski definition) is 7. The smallest absolute Gasteiger partial charge is 0.326 e. The van der Waals surface area contributed by atoms with Gasteiger partial charge in [0.25, 0.3) is 0 Å². The summed E-state index contributed by atoms with van der Waals surface area (Å²) in [6.45, 7) is 1.92. The number of aliphatic carboxylic acids is 1. The first kappa shape index (κ1) is 25.0. The van der Waals surface area contributed by atoms with Crippen molar-refractivity contribution in [2.24, 2.45) is 5.73 Å². The summed E-state index contributed by atoms with van der Waals surface area (Å²) >= 11 is 0. The van der Waals surface area contributed by atoms with Crippen LogP contribution in [0.3, 0.4) is 0 Å². The van der Waals surface area contributed by atoms with E-state index in [9.17, 15) is 29.4 Å². The number of nitrogens with two attached hydrogens (primary N) is 1. The second-order valence-corrected chi connectivity index (χ2v) is 6.84. The Morgan fingerprint density at radius 1 is 0.967 bits per heavy atom. The summed E-state index contributed by atoms with van der Waals surface area (Å²) in [5, 5.41) is 34.9. The second-order valence-electron chi connectivity index (χ2n) is 6.84. The predicted octanol–water partition coefficient (Wildman–Crippen LogP) is -2.51. The molecular formula is C19H28N4O7.